The first-order valence-corrected chi connectivity index (χ1v) is 19.2. The molecule has 0 fully saturated rings. The van der Waals surface area contributed by atoms with Crippen molar-refractivity contribution in [2.45, 2.75) is 0 Å². The summed E-state index contributed by atoms with van der Waals surface area (Å²) in [6, 6.07) is 76.8. The minimum atomic E-state index is 0.895. The first-order valence-electron chi connectivity index (χ1n) is 19.2. The van der Waals surface area contributed by atoms with Gasteiger partial charge in [0.2, 0.25) is 0 Å². The highest BCUT2D eigenvalue weighted by atomic mass is 16.3. The first kappa shape index (κ1) is 32.0. The molecule has 0 unspecified atom stereocenters. The number of para-hydroxylation sites is 1. The maximum Gasteiger partial charge on any atom is 0.135 e. The Morgan fingerprint density at radius 1 is 0.268 bits per heavy atom. The van der Waals surface area contributed by atoms with E-state index >= 15 is 0 Å². The van der Waals surface area contributed by atoms with Gasteiger partial charge in [-0.15, -0.1) is 0 Å². The molecule has 1 aromatic heterocycles. The van der Waals surface area contributed by atoms with Crippen molar-refractivity contribution in [1.82, 2.24) is 0 Å². The lowest BCUT2D eigenvalue weighted by Gasteiger charge is -2.29. The number of nitrogens with zero attached hydrogens (tertiary/aromatic N) is 1. The third-order valence-corrected chi connectivity index (χ3v) is 11.2. The van der Waals surface area contributed by atoms with E-state index in [1.165, 1.54) is 60.1 Å². The quantitative estimate of drug-likeness (QED) is 0.171. The van der Waals surface area contributed by atoms with Crippen molar-refractivity contribution in [2.24, 2.45) is 0 Å². The second-order valence-corrected chi connectivity index (χ2v) is 14.5. The average molecular weight is 714 g/mol. The Balaban J connectivity index is 1.22. The molecular weight excluding hydrogens is 679 g/mol. The van der Waals surface area contributed by atoms with Crippen LogP contribution in [-0.2, 0) is 0 Å². The zero-order valence-electron chi connectivity index (χ0n) is 30.6. The van der Waals surface area contributed by atoms with Crippen LogP contribution in [0.4, 0.5) is 17.1 Å². The van der Waals surface area contributed by atoms with Crippen molar-refractivity contribution in [3.63, 3.8) is 0 Å². The van der Waals surface area contributed by atoms with Crippen molar-refractivity contribution in [2.75, 3.05) is 4.90 Å². The van der Waals surface area contributed by atoms with E-state index in [2.05, 4.69) is 205 Å². The van der Waals surface area contributed by atoms with E-state index in [4.69, 9.17) is 4.42 Å². The number of rotatable bonds is 6. The van der Waals surface area contributed by atoms with Gasteiger partial charge in [0.05, 0.1) is 0 Å². The molecule has 0 N–H and O–H groups in total. The standard InChI is InChI=1S/C54H35NO/c1-3-15-36(16-4-1)49-33-42(29-38-19-7-10-22-45(38)49)55(43-30-39-20-8-11-23-46(39)50(34-43)37-17-5-2-6-18-37)44-31-40-21-9-12-24-47(40)51(35-44)41-27-28-54-52(32-41)48-25-13-14-26-53(48)56-54/h1-35H. The molecule has 2 heteroatoms. The van der Waals surface area contributed by atoms with Gasteiger partial charge in [-0.1, -0.05) is 158 Å². The van der Waals surface area contributed by atoms with Gasteiger partial charge >= 0.3 is 0 Å². The van der Waals surface area contributed by atoms with E-state index in [1.807, 2.05) is 12.1 Å². The Hall–Kier alpha value is -7.42. The van der Waals surface area contributed by atoms with Gasteiger partial charge in [-0.3, -0.25) is 0 Å². The highest BCUT2D eigenvalue weighted by Gasteiger charge is 2.21. The van der Waals surface area contributed by atoms with Gasteiger partial charge in [-0.2, -0.15) is 0 Å². The van der Waals surface area contributed by atoms with Crippen LogP contribution in [-0.4, -0.2) is 0 Å². The number of furan rings is 1. The maximum absolute atomic E-state index is 6.27. The lowest BCUT2D eigenvalue weighted by Crippen LogP contribution is -2.11. The molecular formula is C54H35NO. The summed E-state index contributed by atoms with van der Waals surface area (Å²) < 4.78 is 6.27. The predicted octanol–water partition coefficient (Wildman–Crippen LogP) is 15.5. The smallest absolute Gasteiger partial charge is 0.135 e. The fraction of sp³-hybridized carbons (Fsp3) is 0. The fourth-order valence-corrected chi connectivity index (χ4v) is 8.56. The minimum Gasteiger partial charge on any atom is -0.456 e. The summed E-state index contributed by atoms with van der Waals surface area (Å²) in [6.07, 6.45) is 0. The highest BCUT2D eigenvalue weighted by Crippen LogP contribution is 2.46. The molecule has 0 aliphatic carbocycles. The van der Waals surface area contributed by atoms with E-state index in [0.717, 1.165) is 44.6 Å². The van der Waals surface area contributed by atoms with Crippen LogP contribution in [0.15, 0.2) is 217 Å². The molecule has 0 spiro atoms. The molecule has 0 amide bonds. The first-order chi connectivity index (χ1) is 27.7. The monoisotopic (exact) mass is 713 g/mol. The lowest BCUT2D eigenvalue weighted by molar-refractivity contribution is 0.669. The molecule has 0 bridgehead atoms. The SMILES string of the molecule is c1ccc(-c2cc(N(c3cc(-c4ccccc4)c4ccccc4c3)c3cc(-c4ccc5oc6ccccc6c5c4)c4ccccc4c3)cc3ccccc23)cc1. The Morgan fingerprint density at radius 2 is 0.661 bits per heavy atom. The molecule has 56 heavy (non-hydrogen) atoms. The van der Waals surface area contributed by atoms with Crippen LogP contribution >= 0.6 is 0 Å². The van der Waals surface area contributed by atoms with Crippen LogP contribution in [0, 0.1) is 0 Å². The molecule has 0 aliphatic rings. The Bertz CT molecular complexity index is 3130. The Morgan fingerprint density at radius 3 is 1.16 bits per heavy atom. The summed E-state index contributed by atoms with van der Waals surface area (Å²) in [6.45, 7) is 0. The van der Waals surface area contributed by atoms with E-state index in [0.29, 0.717) is 0 Å². The largest absolute Gasteiger partial charge is 0.456 e. The normalized spacial score (nSPS) is 11.6. The van der Waals surface area contributed by atoms with E-state index in [9.17, 15) is 0 Å². The van der Waals surface area contributed by atoms with E-state index in [-0.39, 0.29) is 0 Å². The number of benzene rings is 10. The van der Waals surface area contributed by atoms with Crippen LogP contribution in [0.2, 0.25) is 0 Å². The van der Waals surface area contributed by atoms with Crippen LogP contribution < -0.4 is 4.90 Å². The summed E-state index contributed by atoms with van der Waals surface area (Å²) in [4.78, 5) is 2.46. The average Bonchev–Trinajstić information content (AvgIpc) is 3.64. The summed E-state index contributed by atoms with van der Waals surface area (Å²) >= 11 is 0. The van der Waals surface area contributed by atoms with Crippen molar-refractivity contribution >= 4 is 71.3 Å². The molecule has 2 nitrogen and oxygen atoms in total. The van der Waals surface area contributed by atoms with Crippen LogP contribution in [0.3, 0.4) is 0 Å². The molecule has 0 radical (unpaired) electrons. The molecule has 11 aromatic rings. The topological polar surface area (TPSA) is 16.4 Å². The molecule has 1 heterocycles. The van der Waals surface area contributed by atoms with Crippen LogP contribution in [0.1, 0.15) is 0 Å². The Kier molecular flexibility index (Phi) is 7.53. The van der Waals surface area contributed by atoms with Gasteiger partial charge in [0, 0.05) is 27.8 Å². The van der Waals surface area contributed by atoms with Gasteiger partial charge < -0.3 is 9.32 Å². The molecule has 0 atom stereocenters. The van der Waals surface area contributed by atoms with Crippen molar-refractivity contribution in [3.8, 4) is 33.4 Å². The van der Waals surface area contributed by atoms with Gasteiger partial charge in [0.1, 0.15) is 11.2 Å². The van der Waals surface area contributed by atoms with Gasteiger partial charge in [-0.25, -0.2) is 0 Å². The number of hydrogen-bond donors (Lipinski definition) is 0. The van der Waals surface area contributed by atoms with Gasteiger partial charge in [-0.05, 0) is 120 Å². The third kappa shape index (κ3) is 5.42. The lowest BCUT2D eigenvalue weighted by atomic mass is 9.93. The van der Waals surface area contributed by atoms with Crippen LogP contribution in [0.25, 0.3) is 87.6 Å². The predicted molar refractivity (Wildman–Crippen MR) is 237 cm³/mol. The van der Waals surface area contributed by atoms with Gasteiger partial charge in [0.25, 0.3) is 0 Å². The van der Waals surface area contributed by atoms with Crippen molar-refractivity contribution in [1.29, 1.82) is 0 Å². The van der Waals surface area contributed by atoms with Crippen LogP contribution in [0.5, 0.6) is 0 Å². The zero-order valence-corrected chi connectivity index (χ0v) is 30.6. The highest BCUT2D eigenvalue weighted by molar-refractivity contribution is 6.09. The summed E-state index contributed by atoms with van der Waals surface area (Å²) in [7, 11) is 0. The summed E-state index contributed by atoms with van der Waals surface area (Å²) in [5, 5.41) is 9.46. The molecule has 10 aromatic carbocycles. The zero-order chi connectivity index (χ0) is 37.0. The minimum absolute atomic E-state index is 0.895. The number of anilines is 3. The molecule has 11 rings (SSSR count). The second-order valence-electron chi connectivity index (χ2n) is 14.5. The number of fused-ring (bicyclic) bond motifs is 6. The molecule has 262 valence electrons. The second kappa shape index (κ2) is 13.2. The number of hydrogen-bond acceptors (Lipinski definition) is 2. The third-order valence-electron chi connectivity index (χ3n) is 11.2. The summed E-state index contributed by atoms with van der Waals surface area (Å²) in [5.41, 5.74) is 12.2. The molecule has 0 saturated carbocycles. The molecule has 0 aliphatic heterocycles. The maximum atomic E-state index is 6.27. The van der Waals surface area contributed by atoms with E-state index < -0.39 is 0 Å². The molecule has 0 saturated heterocycles. The fourth-order valence-electron chi connectivity index (χ4n) is 8.56. The summed E-state index contributed by atoms with van der Waals surface area (Å²) in [5.74, 6) is 0. The van der Waals surface area contributed by atoms with Crippen molar-refractivity contribution < 1.29 is 4.42 Å². The Labute approximate surface area is 325 Å². The van der Waals surface area contributed by atoms with Crippen molar-refractivity contribution in [3.05, 3.63) is 212 Å². The van der Waals surface area contributed by atoms with Gasteiger partial charge in [0.15, 0.2) is 0 Å². The van der Waals surface area contributed by atoms with E-state index in [1.54, 1.807) is 0 Å².